The highest BCUT2D eigenvalue weighted by molar-refractivity contribution is 7.11. The Balaban J connectivity index is 1.33. The number of hydrogen-bond donors (Lipinski definition) is 2. The number of carbonyl (C=O) groups is 2. The van der Waals surface area contributed by atoms with E-state index in [1.165, 1.54) is 11.1 Å². The Hall–Kier alpha value is -3.63. The number of nitrogens with one attached hydrogen (secondary N) is 1. The van der Waals surface area contributed by atoms with Gasteiger partial charge in [0.05, 0.1) is 6.54 Å². The number of aromatic carboxylic acids is 1. The molecule has 0 spiro atoms. The molecule has 1 aliphatic rings. The van der Waals surface area contributed by atoms with E-state index in [0.29, 0.717) is 5.69 Å². The molecule has 0 radical (unpaired) electrons. The molecule has 7 heteroatoms. The quantitative estimate of drug-likeness (QED) is 0.647. The third kappa shape index (κ3) is 3.98. The van der Waals surface area contributed by atoms with Gasteiger partial charge in [-0.2, -0.15) is 0 Å². The van der Waals surface area contributed by atoms with Crippen molar-refractivity contribution in [1.82, 2.24) is 10.3 Å². The van der Waals surface area contributed by atoms with E-state index < -0.39 is 12.1 Å². The molecular weight excluding hydrogens is 388 g/mol. The molecule has 4 rings (SSSR count). The van der Waals surface area contributed by atoms with Crippen molar-refractivity contribution in [3.63, 3.8) is 0 Å². The van der Waals surface area contributed by atoms with Gasteiger partial charge in [-0.1, -0.05) is 54.5 Å². The molecule has 2 N–H and O–H groups in total. The molecule has 1 aliphatic carbocycles. The lowest BCUT2D eigenvalue weighted by Gasteiger charge is -2.14. The van der Waals surface area contributed by atoms with E-state index in [-0.39, 0.29) is 24.1 Å². The number of hydrogen-bond acceptors (Lipinski definition) is 5. The van der Waals surface area contributed by atoms with Crippen LogP contribution in [0.3, 0.4) is 0 Å². The number of carbonyl (C=O) groups excluding carboxylic acids is 1. The number of carboxylic acid groups (broad SMARTS) is 1. The van der Waals surface area contributed by atoms with Crippen molar-refractivity contribution >= 4 is 23.4 Å². The van der Waals surface area contributed by atoms with Crippen molar-refractivity contribution in [2.75, 3.05) is 13.2 Å². The molecule has 144 valence electrons. The van der Waals surface area contributed by atoms with Crippen LogP contribution in [0.2, 0.25) is 0 Å². The molecule has 0 saturated carbocycles. The van der Waals surface area contributed by atoms with Crippen LogP contribution in [-0.4, -0.2) is 35.3 Å². The molecule has 2 aromatic carbocycles. The molecule has 0 bridgehead atoms. The Labute approximate surface area is 171 Å². The fourth-order valence-electron chi connectivity index (χ4n) is 3.33. The topological polar surface area (TPSA) is 88.5 Å². The summed E-state index contributed by atoms with van der Waals surface area (Å²) in [7, 11) is 0. The van der Waals surface area contributed by atoms with Crippen LogP contribution >= 0.6 is 11.3 Å². The summed E-state index contributed by atoms with van der Waals surface area (Å²) in [5, 5.41) is 13.0. The molecule has 0 saturated heterocycles. The van der Waals surface area contributed by atoms with E-state index >= 15 is 0 Å². The van der Waals surface area contributed by atoms with Crippen LogP contribution in [0.4, 0.5) is 4.79 Å². The number of amides is 1. The van der Waals surface area contributed by atoms with Crippen LogP contribution in [0.1, 0.15) is 32.5 Å². The summed E-state index contributed by atoms with van der Waals surface area (Å²) in [6.07, 6.45) is -0.550. The van der Waals surface area contributed by atoms with Gasteiger partial charge >= 0.3 is 12.1 Å². The summed E-state index contributed by atoms with van der Waals surface area (Å²) in [6, 6.07) is 16.3. The average molecular weight is 404 g/mol. The first-order chi connectivity index (χ1) is 14.1. The lowest BCUT2D eigenvalue weighted by atomic mass is 9.98. The highest BCUT2D eigenvalue weighted by atomic mass is 32.1. The molecule has 6 nitrogen and oxygen atoms in total. The predicted octanol–water partition coefficient (Wildman–Crippen LogP) is 3.73. The van der Waals surface area contributed by atoms with Crippen molar-refractivity contribution in [1.29, 1.82) is 0 Å². The van der Waals surface area contributed by atoms with Gasteiger partial charge in [0.15, 0.2) is 0 Å². The Morgan fingerprint density at radius 2 is 1.76 bits per heavy atom. The van der Waals surface area contributed by atoms with Crippen molar-refractivity contribution in [2.24, 2.45) is 0 Å². The van der Waals surface area contributed by atoms with Crippen LogP contribution in [0, 0.1) is 11.8 Å². The zero-order valence-electron chi connectivity index (χ0n) is 15.2. The maximum Gasteiger partial charge on any atom is 0.407 e. The van der Waals surface area contributed by atoms with E-state index in [1.807, 2.05) is 24.3 Å². The summed E-state index contributed by atoms with van der Waals surface area (Å²) in [5.74, 6) is 4.37. The summed E-state index contributed by atoms with van der Waals surface area (Å²) in [6.45, 7) is 0.317. The smallest absolute Gasteiger partial charge is 0.407 e. The normalized spacial score (nSPS) is 11.7. The molecule has 0 aliphatic heterocycles. The second-order valence-electron chi connectivity index (χ2n) is 6.32. The Morgan fingerprint density at radius 1 is 1.10 bits per heavy atom. The zero-order valence-corrected chi connectivity index (χ0v) is 16.0. The molecule has 0 unspecified atom stereocenters. The summed E-state index contributed by atoms with van der Waals surface area (Å²) >= 11 is 1.01. The predicted molar refractivity (Wildman–Crippen MR) is 109 cm³/mol. The number of nitrogens with zero attached hydrogens (tertiary/aromatic N) is 1. The van der Waals surface area contributed by atoms with Gasteiger partial charge in [0.25, 0.3) is 0 Å². The fraction of sp³-hybridized carbons (Fsp3) is 0.136. The molecule has 0 atom stereocenters. The number of thiazole rings is 1. The SMILES string of the molecule is O=C(NCC#Cc1csc(C(=O)O)n1)OCC1c2ccccc2-c2ccccc21. The molecule has 29 heavy (non-hydrogen) atoms. The number of alkyl carbamates (subject to hydrolysis) is 1. The molecule has 0 fully saturated rings. The molecule has 3 aromatic rings. The third-order valence-electron chi connectivity index (χ3n) is 4.57. The van der Waals surface area contributed by atoms with Crippen LogP contribution in [-0.2, 0) is 4.74 Å². The number of benzene rings is 2. The minimum absolute atomic E-state index is 0.00341. The van der Waals surface area contributed by atoms with Gasteiger partial charge in [-0.25, -0.2) is 14.6 Å². The van der Waals surface area contributed by atoms with Crippen molar-refractivity contribution in [3.05, 3.63) is 75.7 Å². The Kier molecular flexibility index (Phi) is 5.27. The Bertz CT molecular complexity index is 1100. The third-order valence-corrected chi connectivity index (χ3v) is 5.40. The summed E-state index contributed by atoms with van der Waals surface area (Å²) < 4.78 is 5.42. The first-order valence-corrected chi connectivity index (χ1v) is 9.78. The van der Waals surface area contributed by atoms with Crippen LogP contribution in [0.25, 0.3) is 11.1 Å². The van der Waals surface area contributed by atoms with Crippen molar-refractivity contribution < 1.29 is 19.4 Å². The molecule has 1 amide bonds. The number of ether oxygens (including phenoxy) is 1. The lowest BCUT2D eigenvalue weighted by molar-refractivity contribution is 0.0696. The minimum Gasteiger partial charge on any atom is -0.476 e. The van der Waals surface area contributed by atoms with E-state index in [2.05, 4.69) is 46.4 Å². The molecular formula is C22H16N2O4S. The molecule has 1 aromatic heterocycles. The maximum atomic E-state index is 12.0. The monoisotopic (exact) mass is 404 g/mol. The summed E-state index contributed by atoms with van der Waals surface area (Å²) in [4.78, 5) is 26.7. The first-order valence-electron chi connectivity index (χ1n) is 8.90. The fourth-order valence-corrected chi connectivity index (χ4v) is 3.92. The Morgan fingerprint density at radius 3 is 2.38 bits per heavy atom. The van der Waals surface area contributed by atoms with E-state index in [1.54, 1.807) is 5.38 Å². The highest BCUT2D eigenvalue weighted by Crippen LogP contribution is 2.44. The van der Waals surface area contributed by atoms with Crippen LogP contribution in [0.5, 0.6) is 0 Å². The van der Waals surface area contributed by atoms with Crippen LogP contribution in [0.15, 0.2) is 53.9 Å². The van der Waals surface area contributed by atoms with E-state index in [9.17, 15) is 9.59 Å². The second kappa shape index (κ2) is 8.17. The van der Waals surface area contributed by atoms with E-state index in [0.717, 1.165) is 22.5 Å². The largest absolute Gasteiger partial charge is 0.476 e. The van der Waals surface area contributed by atoms with Gasteiger partial charge in [0.2, 0.25) is 5.01 Å². The maximum absolute atomic E-state index is 12.0. The van der Waals surface area contributed by atoms with Gasteiger partial charge < -0.3 is 15.2 Å². The van der Waals surface area contributed by atoms with Crippen molar-refractivity contribution in [3.8, 4) is 23.0 Å². The first kappa shape index (κ1) is 18.7. The number of aromatic nitrogens is 1. The van der Waals surface area contributed by atoms with E-state index in [4.69, 9.17) is 9.84 Å². The molecule has 1 heterocycles. The number of fused-ring (bicyclic) bond motifs is 3. The van der Waals surface area contributed by atoms with Gasteiger partial charge in [-0.15, -0.1) is 11.3 Å². The van der Waals surface area contributed by atoms with Gasteiger partial charge in [-0.3, -0.25) is 0 Å². The minimum atomic E-state index is -1.08. The standard InChI is InChI=1S/C22H16N2O4S/c25-21(26)20-24-14(13-29-20)6-5-11-23-22(27)28-12-19-17-9-3-1-7-15(17)16-8-2-4-10-18(16)19/h1-4,7-10,13,19H,11-12H2,(H,23,27)(H,25,26). The zero-order chi connectivity index (χ0) is 20.2. The van der Waals surface area contributed by atoms with Gasteiger partial charge in [0.1, 0.15) is 12.3 Å². The van der Waals surface area contributed by atoms with Crippen molar-refractivity contribution in [2.45, 2.75) is 5.92 Å². The van der Waals surface area contributed by atoms with Gasteiger partial charge in [0, 0.05) is 11.3 Å². The lowest BCUT2D eigenvalue weighted by Crippen LogP contribution is -2.26. The second-order valence-corrected chi connectivity index (χ2v) is 7.18. The number of carboxylic acids is 1. The summed E-state index contributed by atoms with van der Waals surface area (Å²) in [5.41, 5.74) is 5.01. The van der Waals surface area contributed by atoms with Crippen LogP contribution < -0.4 is 5.32 Å². The highest BCUT2D eigenvalue weighted by Gasteiger charge is 2.28. The number of rotatable bonds is 4. The van der Waals surface area contributed by atoms with Gasteiger partial charge in [-0.05, 0) is 28.2 Å². The average Bonchev–Trinajstić information content (AvgIpc) is 3.33.